The number of aryl methyl sites for hydroxylation is 1. The molecule has 16 heavy (non-hydrogen) atoms. The fraction of sp³-hybridized carbons (Fsp3) is 0.556. The Balaban J connectivity index is 3.32. The summed E-state index contributed by atoms with van der Waals surface area (Å²) in [5, 5.41) is 12.7. The number of carbonyl (C=O) groups is 1. The Bertz CT molecular complexity index is 406. The van der Waals surface area contributed by atoms with Crippen LogP contribution in [0.5, 0.6) is 0 Å². The van der Waals surface area contributed by atoms with Gasteiger partial charge >= 0.3 is 5.97 Å². The quantitative estimate of drug-likeness (QED) is 0.929. The van der Waals surface area contributed by atoms with Gasteiger partial charge in [-0.15, -0.1) is 0 Å². The van der Waals surface area contributed by atoms with Crippen molar-refractivity contribution in [1.82, 2.24) is 9.78 Å². The molecule has 0 aliphatic carbocycles. The van der Waals surface area contributed by atoms with E-state index in [1.54, 1.807) is 13.8 Å². The molecule has 90 valence electrons. The van der Waals surface area contributed by atoms with Gasteiger partial charge in [-0.2, -0.15) is 5.10 Å². The Morgan fingerprint density at radius 1 is 1.62 bits per heavy atom. The van der Waals surface area contributed by atoms with E-state index >= 15 is 0 Å². The minimum absolute atomic E-state index is 0.169. The molecule has 0 spiro atoms. The topological polar surface area (TPSA) is 55.1 Å². The van der Waals surface area contributed by atoms with E-state index in [0.717, 1.165) is 4.68 Å². The maximum absolute atomic E-state index is 12.8. The van der Waals surface area contributed by atoms with Crippen molar-refractivity contribution < 1.29 is 18.7 Å². The predicted molar refractivity (Wildman–Crippen MR) is 56.6 cm³/mol. The van der Waals surface area contributed by atoms with E-state index in [9.17, 15) is 13.6 Å². The van der Waals surface area contributed by atoms with Gasteiger partial charge in [0.05, 0.1) is 10.2 Å². The zero-order chi connectivity index (χ0) is 12.5. The second-order valence-electron chi connectivity index (χ2n) is 3.29. The Morgan fingerprint density at radius 3 is 2.56 bits per heavy atom. The van der Waals surface area contributed by atoms with E-state index in [2.05, 4.69) is 21.0 Å². The monoisotopic (exact) mass is 296 g/mol. The fourth-order valence-electron chi connectivity index (χ4n) is 1.43. The molecule has 0 fully saturated rings. The Morgan fingerprint density at radius 2 is 2.19 bits per heavy atom. The van der Waals surface area contributed by atoms with Gasteiger partial charge in [0.15, 0.2) is 0 Å². The van der Waals surface area contributed by atoms with Gasteiger partial charge in [-0.1, -0.05) is 6.92 Å². The molecule has 1 aromatic heterocycles. The van der Waals surface area contributed by atoms with Crippen LogP contribution < -0.4 is 0 Å². The minimum Gasteiger partial charge on any atom is -0.480 e. The lowest BCUT2D eigenvalue weighted by Gasteiger charge is -2.13. The molecule has 0 saturated heterocycles. The van der Waals surface area contributed by atoms with Crippen molar-refractivity contribution in [3.63, 3.8) is 0 Å². The first-order chi connectivity index (χ1) is 7.40. The number of carboxylic acid groups (broad SMARTS) is 1. The summed E-state index contributed by atoms with van der Waals surface area (Å²) in [5.74, 6) is -1.17. The third-order valence-corrected chi connectivity index (χ3v) is 3.20. The lowest BCUT2D eigenvalue weighted by molar-refractivity contribution is -0.141. The van der Waals surface area contributed by atoms with Crippen molar-refractivity contribution >= 4 is 21.9 Å². The van der Waals surface area contributed by atoms with E-state index < -0.39 is 18.4 Å². The van der Waals surface area contributed by atoms with Crippen LogP contribution in [0, 0.1) is 6.92 Å². The highest BCUT2D eigenvalue weighted by molar-refractivity contribution is 9.10. The van der Waals surface area contributed by atoms with Gasteiger partial charge in [0.25, 0.3) is 6.43 Å². The van der Waals surface area contributed by atoms with Gasteiger partial charge in [-0.05, 0) is 29.3 Å². The standard InChI is InChI=1S/C9H11BrF2N2O2/c1-3-5(9(15)16)14-7(8(11)12)6(10)4(2)13-14/h5,8H,3H2,1-2H3,(H,15,16)/t5-/m1/s1. The normalized spacial score (nSPS) is 13.1. The summed E-state index contributed by atoms with van der Waals surface area (Å²) >= 11 is 2.99. The summed E-state index contributed by atoms with van der Waals surface area (Å²) in [6, 6.07) is -1.06. The zero-order valence-electron chi connectivity index (χ0n) is 8.75. The molecular formula is C9H11BrF2N2O2. The van der Waals surface area contributed by atoms with E-state index in [4.69, 9.17) is 5.11 Å². The fourth-order valence-corrected chi connectivity index (χ4v) is 1.86. The number of hydrogen-bond donors (Lipinski definition) is 1. The number of nitrogens with zero attached hydrogens (tertiary/aromatic N) is 2. The maximum atomic E-state index is 12.8. The molecule has 0 aliphatic heterocycles. The highest BCUT2D eigenvalue weighted by atomic mass is 79.9. The van der Waals surface area contributed by atoms with Crippen LogP contribution in [0.1, 0.15) is 37.2 Å². The molecule has 0 aromatic carbocycles. The van der Waals surface area contributed by atoms with Gasteiger partial charge in [-0.25, -0.2) is 18.3 Å². The van der Waals surface area contributed by atoms with E-state index in [1.165, 1.54) is 0 Å². The van der Waals surface area contributed by atoms with Gasteiger partial charge in [0.1, 0.15) is 11.7 Å². The summed E-state index contributed by atoms with van der Waals surface area (Å²) in [4.78, 5) is 10.9. The summed E-state index contributed by atoms with van der Waals surface area (Å²) in [7, 11) is 0. The van der Waals surface area contributed by atoms with Crippen LogP contribution in [-0.2, 0) is 4.79 Å². The first-order valence-electron chi connectivity index (χ1n) is 4.65. The molecule has 1 atom stereocenters. The third kappa shape index (κ3) is 2.23. The Labute approximate surface area is 99.4 Å². The summed E-state index contributed by atoms with van der Waals surface area (Å²) < 4.78 is 26.6. The van der Waals surface area contributed by atoms with Gasteiger partial charge in [-0.3, -0.25) is 0 Å². The Kier molecular flexibility index (Phi) is 4.01. The summed E-state index contributed by atoms with van der Waals surface area (Å²) in [6.45, 7) is 3.15. The molecule has 1 aromatic rings. The second-order valence-corrected chi connectivity index (χ2v) is 4.09. The highest BCUT2D eigenvalue weighted by Gasteiger charge is 2.28. The average molecular weight is 297 g/mol. The van der Waals surface area contributed by atoms with Crippen LogP contribution in [0.3, 0.4) is 0 Å². The first-order valence-corrected chi connectivity index (χ1v) is 5.44. The largest absolute Gasteiger partial charge is 0.480 e. The molecule has 0 radical (unpaired) electrons. The van der Waals surface area contributed by atoms with Crippen LogP contribution in [0.2, 0.25) is 0 Å². The smallest absolute Gasteiger partial charge is 0.328 e. The van der Waals surface area contributed by atoms with E-state index in [1.807, 2.05) is 0 Å². The minimum atomic E-state index is -2.76. The van der Waals surface area contributed by atoms with E-state index in [-0.39, 0.29) is 16.6 Å². The molecule has 0 saturated carbocycles. The number of aliphatic carboxylic acids is 1. The number of alkyl halides is 2. The van der Waals surface area contributed by atoms with Crippen LogP contribution in [0.25, 0.3) is 0 Å². The zero-order valence-corrected chi connectivity index (χ0v) is 10.3. The van der Waals surface area contributed by atoms with E-state index in [0.29, 0.717) is 5.69 Å². The lowest BCUT2D eigenvalue weighted by Crippen LogP contribution is -2.21. The third-order valence-electron chi connectivity index (χ3n) is 2.22. The average Bonchev–Trinajstić information content (AvgIpc) is 2.43. The molecule has 0 unspecified atom stereocenters. The van der Waals surface area contributed by atoms with Crippen molar-refractivity contribution in [1.29, 1.82) is 0 Å². The number of hydrogen-bond acceptors (Lipinski definition) is 2. The molecule has 4 nitrogen and oxygen atoms in total. The van der Waals surface area contributed by atoms with Crippen LogP contribution in [0.15, 0.2) is 4.47 Å². The van der Waals surface area contributed by atoms with Crippen molar-refractivity contribution in [2.75, 3.05) is 0 Å². The molecule has 0 bridgehead atoms. The number of carboxylic acids is 1. The number of aromatic nitrogens is 2. The van der Waals surface area contributed by atoms with Gasteiger partial charge in [0, 0.05) is 0 Å². The number of rotatable bonds is 4. The molecule has 0 aliphatic rings. The number of halogens is 3. The lowest BCUT2D eigenvalue weighted by atomic mass is 10.2. The summed E-state index contributed by atoms with van der Waals surface area (Å²) in [6.07, 6.45) is -2.56. The van der Waals surface area contributed by atoms with Crippen LogP contribution >= 0.6 is 15.9 Å². The van der Waals surface area contributed by atoms with Gasteiger partial charge in [0.2, 0.25) is 0 Å². The molecule has 1 heterocycles. The first kappa shape index (κ1) is 13.1. The molecule has 0 amide bonds. The van der Waals surface area contributed by atoms with Crippen LogP contribution in [0.4, 0.5) is 8.78 Å². The molecule has 1 N–H and O–H groups in total. The second kappa shape index (κ2) is 4.90. The van der Waals surface area contributed by atoms with Crippen molar-refractivity contribution in [3.05, 3.63) is 15.9 Å². The molecular weight excluding hydrogens is 286 g/mol. The molecule has 1 rings (SSSR count). The van der Waals surface area contributed by atoms with Crippen LogP contribution in [-0.4, -0.2) is 20.9 Å². The van der Waals surface area contributed by atoms with Crippen molar-refractivity contribution in [2.24, 2.45) is 0 Å². The van der Waals surface area contributed by atoms with Crippen molar-refractivity contribution in [3.8, 4) is 0 Å². The SMILES string of the molecule is CC[C@H](C(=O)O)n1nc(C)c(Br)c1C(F)F. The van der Waals surface area contributed by atoms with Gasteiger partial charge < -0.3 is 5.11 Å². The molecule has 7 heteroatoms. The Hall–Kier alpha value is -0.980. The maximum Gasteiger partial charge on any atom is 0.328 e. The highest BCUT2D eigenvalue weighted by Crippen LogP contribution is 2.32. The summed E-state index contributed by atoms with van der Waals surface area (Å²) in [5.41, 5.74) is -0.0262. The predicted octanol–water partition coefficient (Wildman–Crippen LogP) is 2.93. The van der Waals surface area contributed by atoms with Crippen molar-refractivity contribution in [2.45, 2.75) is 32.7 Å².